The Morgan fingerprint density at radius 3 is 2.33 bits per heavy atom. The van der Waals surface area contributed by atoms with Gasteiger partial charge in [0.15, 0.2) is 0 Å². The fourth-order valence-electron chi connectivity index (χ4n) is 2.26. The van der Waals surface area contributed by atoms with Gasteiger partial charge in [0.25, 0.3) is 0 Å². The summed E-state index contributed by atoms with van der Waals surface area (Å²) in [7, 11) is 4.36. The van der Waals surface area contributed by atoms with Crippen LogP contribution in [0.2, 0.25) is 0 Å². The smallest absolute Gasteiger partial charge is 0.0217 e. The minimum atomic E-state index is 0.640. The van der Waals surface area contributed by atoms with Crippen molar-refractivity contribution in [1.82, 2.24) is 10.2 Å². The van der Waals surface area contributed by atoms with E-state index in [4.69, 9.17) is 0 Å². The quantitative estimate of drug-likeness (QED) is 0.697. The maximum absolute atomic E-state index is 3.46. The zero-order chi connectivity index (χ0) is 11.4. The first kappa shape index (κ1) is 13.0. The van der Waals surface area contributed by atoms with Gasteiger partial charge in [-0.3, -0.25) is 0 Å². The summed E-state index contributed by atoms with van der Waals surface area (Å²) in [6.07, 6.45) is 4.15. The molecule has 0 spiro atoms. The van der Waals surface area contributed by atoms with Gasteiger partial charge in [0.2, 0.25) is 0 Å². The van der Waals surface area contributed by atoms with Gasteiger partial charge in [0.1, 0.15) is 0 Å². The monoisotopic (exact) mass is 212 g/mol. The first-order valence-corrected chi connectivity index (χ1v) is 6.47. The van der Waals surface area contributed by atoms with Crippen LogP contribution in [0, 0.1) is 11.8 Å². The van der Waals surface area contributed by atoms with Gasteiger partial charge < -0.3 is 10.2 Å². The third kappa shape index (κ3) is 3.76. The van der Waals surface area contributed by atoms with Gasteiger partial charge in [-0.25, -0.2) is 0 Å². The lowest BCUT2D eigenvalue weighted by molar-refractivity contribution is 0.190. The molecule has 1 N–H and O–H groups in total. The summed E-state index contributed by atoms with van der Waals surface area (Å²) in [4.78, 5) is 2.53. The molecule has 1 fully saturated rings. The van der Waals surface area contributed by atoms with Crippen LogP contribution in [0.5, 0.6) is 0 Å². The molecular weight excluding hydrogens is 184 g/mol. The Kier molecular flexibility index (Phi) is 5.07. The third-order valence-corrected chi connectivity index (χ3v) is 4.19. The van der Waals surface area contributed by atoms with Crippen LogP contribution < -0.4 is 5.32 Å². The second-order valence-electron chi connectivity index (χ2n) is 5.30. The van der Waals surface area contributed by atoms with E-state index in [1.54, 1.807) is 0 Å². The molecule has 3 atom stereocenters. The molecule has 3 unspecified atom stereocenters. The molecule has 0 aromatic rings. The van der Waals surface area contributed by atoms with E-state index < -0.39 is 0 Å². The summed E-state index contributed by atoms with van der Waals surface area (Å²) in [5, 5.41) is 3.46. The van der Waals surface area contributed by atoms with Crippen molar-refractivity contribution in [2.24, 2.45) is 11.8 Å². The molecule has 2 heteroatoms. The Bertz CT molecular complexity index is 177. The van der Waals surface area contributed by atoms with Gasteiger partial charge in [-0.2, -0.15) is 0 Å². The molecule has 0 bridgehead atoms. The predicted octanol–water partition coefficient (Wildman–Crippen LogP) is 2.35. The van der Waals surface area contributed by atoms with Gasteiger partial charge in [0.05, 0.1) is 0 Å². The summed E-state index contributed by atoms with van der Waals surface area (Å²) in [5.74, 6) is 1.74. The van der Waals surface area contributed by atoms with Crippen molar-refractivity contribution >= 4 is 0 Å². The molecule has 0 aliphatic heterocycles. The zero-order valence-corrected chi connectivity index (χ0v) is 11.1. The van der Waals surface area contributed by atoms with E-state index in [9.17, 15) is 0 Å². The molecular formula is C13H28N2. The highest BCUT2D eigenvalue weighted by molar-refractivity contribution is 4.86. The second-order valence-corrected chi connectivity index (χ2v) is 5.30. The molecule has 1 aliphatic rings. The Morgan fingerprint density at radius 1 is 1.33 bits per heavy atom. The highest BCUT2D eigenvalue weighted by Gasteiger charge is 2.31. The molecule has 0 aromatic heterocycles. The number of rotatable bonds is 7. The molecule has 0 amide bonds. The van der Waals surface area contributed by atoms with Crippen molar-refractivity contribution in [2.45, 2.75) is 52.1 Å². The van der Waals surface area contributed by atoms with E-state index in [-0.39, 0.29) is 0 Å². The molecule has 1 saturated carbocycles. The van der Waals surface area contributed by atoms with E-state index in [0.717, 1.165) is 17.9 Å². The van der Waals surface area contributed by atoms with Crippen molar-refractivity contribution in [3.05, 3.63) is 0 Å². The van der Waals surface area contributed by atoms with Crippen molar-refractivity contribution in [3.63, 3.8) is 0 Å². The zero-order valence-electron chi connectivity index (χ0n) is 11.1. The second kappa shape index (κ2) is 5.86. The van der Waals surface area contributed by atoms with Gasteiger partial charge in [-0.1, -0.05) is 20.3 Å². The SMILES string of the molecule is CCC(C)C(CN(C)C(C)C1CC1)NC. The first-order valence-electron chi connectivity index (χ1n) is 6.47. The average Bonchev–Trinajstić information content (AvgIpc) is 3.07. The molecule has 0 radical (unpaired) electrons. The topological polar surface area (TPSA) is 15.3 Å². The van der Waals surface area contributed by atoms with Crippen LogP contribution in [-0.2, 0) is 0 Å². The lowest BCUT2D eigenvalue weighted by atomic mass is 9.98. The molecule has 0 heterocycles. The van der Waals surface area contributed by atoms with Crippen LogP contribution in [0.15, 0.2) is 0 Å². The van der Waals surface area contributed by atoms with E-state index in [2.05, 4.69) is 45.1 Å². The number of nitrogens with one attached hydrogen (secondary N) is 1. The van der Waals surface area contributed by atoms with E-state index >= 15 is 0 Å². The lowest BCUT2D eigenvalue weighted by Crippen LogP contribution is -2.45. The maximum atomic E-state index is 3.46. The fraction of sp³-hybridized carbons (Fsp3) is 1.00. The van der Waals surface area contributed by atoms with Crippen molar-refractivity contribution in [2.75, 3.05) is 20.6 Å². The van der Waals surface area contributed by atoms with Crippen LogP contribution in [0.1, 0.15) is 40.0 Å². The Labute approximate surface area is 95.4 Å². The number of nitrogens with zero attached hydrogens (tertiary/aromatic N) is 1. The predicted molar refractivity (Wildman–Crippen MR) is 67.1 cm³/mol. The maximum Gasteiger partial charge on any atom is 0.0217 e. The standard InChI is InChI=1S/C13H28N2/c1-6-10(2)13(14-4)9-15(5)11(3)12-7-8-12/h10-14H,6-9H2,1-5H3. The summed E-state index contributed by atoms with van der Waals surface area (Å²) >= 11 is 0. The molecule has 15 heavy (non-hydrogen) atoms. The van der Waals surface area contributed by atoms with Crippen LogP contribution in [0.3, 0.4) is 0 Å². The summed E-state index contributed by atoms with van der Waals surface area (Å²) in [6.45, 7) is 8.18. The molecule has 1 aliphatic carbocycles. The van der Waals surface area contributed by atoms with Gasteiger partial charge in [-0.05, 0) is 45.7 Å². The summed E-state index contributed by atoms with van der Waals surface area (Å²) in [5.41, 5.74) is 0. The molecule has 2 nitrogen and oxygen atoms in total. The van der Waals surface area contributed by atoms with Crippen molar-refractivity contribution in [1.29, 1.82) is 0 Å². The van der Waals surface area contributed by atoms with Crippen LogP contribution in [-0.4, -0.2) is 37.6 Å². The number of hydrogen-bond donors (Lipinski definition) is 1. The van der Waals surface area contributed by atoms with Crippen LogP contribution in [0.25, 0.3) is 0 Å². The van der Waals surface area contributed by atoms with Crippen LogP contribution in [0.4, 0.5) is 0 Å². The van der Waals surface area contributed by atoms with E-state index in [1.807, 2.05) is 0 Å². The van der Waals surface area contributed by atoms with Crippen molar-refractivity contribution in [3.8, 4) is 0 Å². The fourth-order valence-corrected chi connectivity index (χ4v) is 2.26. The number of likely N-dealkylation sites (N-methyl/N-ethyl adjacent to an activating group) is 2. The van der Waals surface area contributed by atoms with Gasteiger partial charge >= 0.3 is 0 Å². The number of hydrogen-bond acceptors (Lipinski definition) is 2. The Hall–Kier alpha value is -0.0800. The van der Waals surface area contributed by atoms with E-state index in [1.165, 1.54) is 25.8 Å². The Balaban J connectivity index is 2.35. The van der Waals surface area contributed by atoms with E-state index in [0.29, 0.717) is 6.04 Å². The Morgan fingerprint density at radius 2 is 1.93 bits per heavy atom. The minimum Gasteiger partial charge on any atom is -0.315 e. The highest BCUT2D eigenvalue weighted by atomic mass is 15.2. The summed E-state index contributed by atoms with van der Waals surface area (Å²) in [6, 6.07) is 1.41. The first-order chi connectivity index (χ1) is 7.10. The molecule has 90 valence electrons. The van der Waals surface area contributed by atoms with Gasteiger partial charge in [-0.15, -0.1) is 0 Å². The minimum absolute atomic E-state index is 0.640. The normalized spacial score (nSPS) is 22.8. The molecule has 1 rings (SSSR count). The molecule has 0 saturated heterocycles. The third-order valence-electron chi connectivity index (χ3n) is 4.19. The summed E-state index contributed by atoms with van der Waals surface area (Å²) < 4.78 is 0. The van der Waals surface area contributed by atoms with Gasteiger partial charge in [0, 0.05) is 18.6 Å². The average molecular weight is 212 g/mol. The van der Waals surface area contributed by atoms with Crippen molar-refractivity contribution < 1.29 is 0 Å². The largest absolute Gasteiger partial charge is 0.315 e. The lowest BCUT2D eigenvalue weighted by Gasteiger charge is -2.31. The highest BCUT2D eigenvalue weighted by Crippen LogP contribution is 2.34. The molecule has 0 aromatic carbocycles. The van der Waals surface area contributed by atoms with Crippen LogP contribution >= 0.6 is 0 Å².